The third-order valence-electron chi connectivity index (χ3n) is 3.28. The van der Waals surface area contributed by atoms with Crippen LogP contribution in [0.25, 0.3) is 10.9 Å². The molecule has 3 nitrogen and oxygen atoms in total. The van der Waals surface area contributed by atoms with Crippen LogP contribution in [0.3, 0.4) is 0 Å². The predicted molar refractivity (Wildman–Crippen MR) is 87.7 cm³/mol. The van der Waals surface area contributed by atoms with Gasteiger partial charge in [-0.1, -0.05) is 23.7 Å². The first-order chi connectivity index (χ1) is 10.5. The number of ether oxygens (including phenoxy) is 1. The SMILES string of the molecule is C[C@H](Oc1cc2c(Cl)ncnc2cc1Br)c1ccc(F)cc1. The first kappa shape index (κ1) is 15.2. The lowest BCUT2D eigenvalue weighted by atomic mass is 10.1. The molecule has 0 radical (unpaired) electrons. The largest absolute Gasteiger partial charge is 0.485 e. The van der Waals surface area contributed by atoms with Crippen molar-refractivity contribution < 1.29 is 9.13 Å². The molecule has 3 rings (SSSR count). The fourth-order valence-electron chi connectivity index (χ4n) is 2.11. The third kappa shape index (κ3) is 3.05. The first-order valence-electron chi connectivity index (χ1n) is 6.56. The average molecular weight is 382 g/mol. The number of aromatic nitrogens is 2. The van der Waals surface area contributed by atoms with Crippen LogP contribution in [-0.2, 0) is 0 Å². The van der Waals surface area contributed by atoms with Crippen molar-refractivity contribution >= 4 is 38.4 Å². The highest BCUT2D eigenvalue weighted by Gasteiger charge is 2.13. The van der Waals surface area contributed by atoms with E-state index < -0.39 is 0 Å². The van der Waals surface area contributed by atoms with E-state index in [4.69, 9.17) is 16.3 Å². The van der Waals surface area contributed by atoms with Crippen LogP contribution in [0.5, 0.6) is 5.75 Å². The minimum Gasteiger partial charge on any atom is -0.485 e. The lowest BCUT2D eigenvalue weighted by Gasteiger charge is -2.17. The second-order valence-electron chi connectivity index (χ2n) is 4.78. The number of benzene rings is 2. The normalized spacial score (nSPS) is 12.4. The molecule has 1 heterocycles. The summed E-state index contributed by atoms with van der Waals surface area (Å²) in [6, 6.07) is 9.85. The minimum absolute atomic E-state index is 0.238. The van der Waals surface area contributed by atoms with Gasteiger partial charge in [0.05, 0.1) is 9.99 Å². The summed E-state index contributed by atoms with van der Waals surface area (Å²) in [6.45, 7) is 1.90. The Morgan fingerprint density at radius 3 is 2.64 bits per heavy atom. The van der Waals surface area contributed by atoms with E-state index in [1.807, 2.05) is 13.0 Å². The molecule has 0 saturated heterocycles. The highest BCUT2D eigenvalue weighted by Crippen LogP contribution is 2.34. The standard InChI is InChI=1S/C16H11BrClFN2O/c1-9(10-2-4-11(19)5-3-10)22-15-6-12-14(7-13(15)17)20-8-21-16(12)18/h2-9H,1H3/t9-/m0/s1. The Morgan fingerprint density at radius 1 is 1.18 bits per heavy atom. The Morgan fingerprint density at radius 2 is 1.91 bits per heavy atom. The van der Waals surface area contributed by atoms with Crippen LogP contribution in [-0.4, -0.2) is 9.97 Å². The molecule has 0 bridgehead atoms. The Hall–Kier alpha value is -1.72. The maximum absolute atomic E-state index is 13.0. The maximum atomic E-state index is 13.0. The van der Waals surface area contributed by atoms with E-state index in [-0.39, 0.29) is 11.9 Å². The quantitative estimate of drug-likeness (QED) is 0.576. The van der Waals surface area contributed by atoms with Crippen molar-refractivity contribution in [3.8, 4) is 5.75 Å². The molecule has 0 unspecified atom stereocenters. The van der Waals surface area contributed by atoms with Gasteiger partial charge in [0.15, 0.2) is 0 Å². The minimum atomic E-state index is -0.272. The third-order valence-corrected chi connectivity index (χ3v) is 4.20. The molecular formula is C16H11BrClFN2O. The van der Waals surface area contributed by atoms with E-state index in [0.29, 0.717) is 16.3 Å². The molecule has 0 aliphatic carbocycles. The highest BCUT2D eigenvalue weighted by molar-refractivity contribution is 9.10. The summed E-state index contributed by atoms with van der Waals surface area (Å²) in [5, 5.41) is 1.09. The monoisotopic (exact) mass is 380 g/mol. The number of fused-ring (bicyclic) bond motifs is 1. The van der Waals surface area contributed by atoms with Gasteiger partial charge in [0.1, 0.15) is 29.2 Å². The summed E-state index contributed by atoms with van der Waals surface area (Å²) in [7, 11) is 0. The molecule has 6 heteroatoms. The molecule has 112 valence electrons. The number of rotatable bonds is 3. The van der Waals surface area contributed by atoms with Gasteiger partial charge < -0.3 is 4.74 Å². The lowest BCUT2D eigenvalue weighted by molar-refractivity contribution is 0.225. The van der Waals surface area contributed by atoms with Crippen molar-refractivity contribution in [1.82, 2.24) is 9.97 Å². The highest BCUT2D eigenvalue weighted by atomic mass is 79.9. The van der Waals surface area contributed by atoms with Gasteiger partial charge in [-0.25, -0.2) is 14.4 Å². The molecular weight excluding hydrogens is 371 g/mol. The van der Waals surface area contributed by atoms with Crippen molar-refractivity contribution in [3.05, 3.63) is 63.7 Å². The fourth-order valence-corrected chi connectivity index (χ4v) is 2.73. The van der Waals surface area contributed by atoms with Gasteiger partial charge in [-0.15, -0.1) is 0 Å². The van der Waals surface area contributed by atoms with Crippen molar-refractivity contribution in [3.63, 3.8) is 0 Å². The Kier molecular flexibility index (Phi) is 4.27. The van der Waals surface area contributed by atoms with Crippen molar-refractivity contribution in [2.45, 2.75) is 13.0 Å². The van der Waals surface area contributed by atoms with Crippen LogP contribution in [0.1, 0.15) is 18.6 Å². The van der Waals surface area contributed by atoms with E-state index in [2.05, 4.69) is 25.9 Å². The summed E-state index contributed by atoms with van der Waals surface area (Å²) in [5.74, 6) is 0.354. The molecule has 0 aliphatic heterocycles. The second-order valence-corrected chi connectivity index (χ2v) is 5.99. The Labute approximate surface area is 140 Å². The molecule has 2 aromatic carbocycles. The molecule has 0 aliphatic rings. The smallest absolute Gasteiger partial charge is 0.140 e. The number of nitrogens with zero attached hydrogens (tertiary/aromatic N) is 2. The average Bonchev–Trinajstić information content (AvgIpc) is 2.49. The van der Waals surface area contributed by atoms with Gasteiger partial charge in [-0.2, -0.15) is 0 Å². The summed E-state index contributed by atoms with van der Waals surface area (Å²) in [4.78, 5) is 8.14. The number of hydrogen-bond acceptors (Lipinski definition) is 3. The zero-order valence-corrected chi connectivity index (χ0v) is 13.9. The second kappa shape index (κ2) is 6.18. The van der Waals surface area contributed by atoms with Crippen LogP contribution < -0.4 is 4.74 Å². The van der Waals surface area contributed by atoms with Gasteiger partial charge in [0, 0.05) is 5.39 Å². The summed E-state index contributed by atoms with van der Waals surface area (Å²) >= 11 is 9.55. The first-order valence-corrected chi connectivity index (χ1v) is 7.73. The van der Waals surface area contributed by atoms with Crippen LogP contribution in [0, 0.1) is 5.82 Å². The molecule has 22 heavy (non-hydrogen) atoms. The van der Waals surface area contributed by atoms with Crippen LogP contribution in [0.15, 0.2) is 47.2 Å². The van der Waals surface area contributed by atoms with Gasteiger partial charge >= 0.3 is 0 Å². The van der Waals surface area contributed by atoms with Crippen LogP contribution in [0.4, 0.5) is 4.39 Å². The van der Waals surface area contributed by atoms with Crippen molar-refractivity contribution in [2.75, 3.05) is 0 Å². The summed E-state index contributed by atoms with van der Waals surface area (Å²) in [6.07, 6.45) is 1.18. The molecule has 0 N–H and O–H groups in total. The van der Waals surface area contributed by atoms with Crippen molar-refractivity contribution in [1.29, 1.82) is 0 Å². The Balaban J connectivity index is 1.94. The van der Waals surface area contributed by atoms with Gasteiger partial charge in [-0.05, 0) is 52.7 Å². The van der Waals surface area contributed by atoms with Gasteiger partial charge in [0.2, 0.25) is 0 Å². The molecule has 0 amide bonds. The van der Waals surface area contributed by atoms with E-state index in [0.717, 1.165) is 15.6 Å². The zero-order chi connectivity index (χ0) is 15.7. The number of hydrogen-bond donors (Lipinski definition) is 0. The molecule has 3 aromatic rings. The molecule has 1 aromatic heterocycles. The molecule has 0 spiro atoms. The summed E-state index contributed by atoms with van der Waals surface area (Å²) < 4.78 is 19.7. The predicted octanol–water partition coefficient (Wildman–Crippen LogP) is 5.32. The zero-order valence-electron chi connectivity index (χ0n) is 11.6. The number of halogens is 3. The molecule has 0 fully saturated rings. The summed E-state index contributed by atoms with van der Waals surface area (Å²) in [5.41, 5.74) is 1.61. The van der Waals surface area contributed by atoms with Crippen LogP contribution in [0.2, 0.25) is 5.15 Å². The van der Waals surface area contributed by atoms with Gasteiger partial charge in [0.25, 0.3) is 0 Å². The van der Waals surface area contributed by atoms with E-state index in [9.17, 15) is 4.39 Å². The topological polar surface area (TPSA) is 35.0 Å². The molecule has 1 atom stereocenters. The fraction of sp³-hybridized carbons (Fsp3) is 0.125. The Bertz CT molecular complexity index is 826. The van der Waals surface area contributed by atoms with E-state index >= 15 is 0 Å². The molecule has 0 saturated carbocycles. The van der Waals surface area contributed by atoms with Crippen LogP contribution >= 0.6 is 27.5 Å². The van der Waals surface area contributed by atoms with Gasteiger partial charge in [-0.3, -0.25) is 0 Å². The maximum Gasteiger partial charge on any atom is 0.140 e. The lowest BCUT2D eigenvalue weighted by Crippen LogP contribution is -2.03. The van der Waals surface area contributed by atoms with Crippen molar-refractivity contribution in [2.24, 2.45) is 0 Å². The van der Waals surface area contributed by atoms with E-state index in [1.54, 1.807) is 18.2 Å². The van der Waals surface area contributed by atoms with E-state index in [1.165, 1.54) is 18.5 Å².